The van der Waals surface area contributed by atoms with Gasteiger partial charge in [0.15, 0.2) is 5.82 Å². The third kappa shape index (κ3) is 3.04. The van der Waals surface area contributed by atoms with E-state index in [2.05, 4.69) is 28.0 Å². The van der Waals surface area contributed by atoms with Crippen LogP contribution in [0.4, 0.5) is 5.82 Å². The molecule has 0 unspecified atom stereocenters. The summed E-state index contributed by atoms with van der Waals surface area (Å²) in [7, 11) is 0. The minimum Gasteiger partial charge on any atom is -0.361 e. The van der Waals surface area contributed by atoms with Gasteiger partial charge >= 0.3 is 0 Å². The molecule has 0 amide bonds. The number of thiophene rings is 1. The lowest BCUT2D eigenvalue weighted by Gasteiger charge is -2.22. The molecule has 0 atom stereocenters. The van der Waals surface area contributed by atoms with Crippen LogP contribution in [0.2, 0.25) is 0 Å². The molecule has 0 radical (unpaired) electrons. The highest BCUT2D eigenvalue weighted by molar-refractivity contribution is 7.08. The first kappa shape index (κ1) is 13.8. The topological polar surface area (TPSA) is 46.9 Å². The molecule has 0 aromatic carbocycles. The number of anilines is 1. The molecule has 0 aliphatic rings. The molecule has 0 fully saturated rings. The number of nitrogens with one attached hydrogen (secondary N) is 1. The maximum atomic E-state index is 12.3. The van der Waals surface area contributed by atoms with Crippen LogP contribution in [-0.4, -0.2) is 9.55 Å². The Morgan fingerprint density at radius 3 is 2.68 bits per heavy atom. The predicted molar refractivity (Wildman–Crippen MR) is 79.9 cm³/mol. The van der Waals surface area contributed by atoms with Crippen molar-refractivity contribution in [1.82, 2.24) is 9.55 Å². The molecular formula is C14H19N3OS. The minimum absolute atomic E-state index is 0.0807. The molecule has 2 aromatic heterocycles. The zero-order chi connectivity index (χ0) is 14.0. The van der Waals surface area contributed by atoms with Crippen LogP contribution in [0.15, 0.2) is 27.9 Å². The number of aryl methyl sites for hydroxylation is 1. The van der Waals surface area contributed by atoms with Gasteiger partial charge in [0.05, 0.1) is 0 Å². The first-order chi connectivity index (χ1) is 8.89. The van der Waals surface area contributed by atoms with Gasteiger partial charge in [-0.15, -0.1) is 0 Å². The molecule has 0 spiro atoms. The van der Waals surface area contributed by atoms with E-state index in [-0.39, 0.29) is 11.1 Å². The number of hydrogen-bond donors (Lipinski definition) is 1. The van der Waals surface area contributed by atoms with E-state index in [0.29, 0.717) is 12.4 Å². The van der Waals surface area contributed by atoms with Gasteiger partial charge in [-0.3, -0.25) is 4.79 Å². The van der Waals surface area contributed by atoms with Crippen molar-refractivity contribution in [3.05, 3.63) is 44.6 Å². The van der Waals surface area contributed by atoms with Gasteiger partial charge in [0.25, 0.3) is 5.56 Å². The Labute approximate surface area is 117 Å². The summed E-state index contributed by atoms with van der Waals surface area (Å²) in [5.41, 5.74) is 2.12. The molecule has 102 valence electrons. The van der Waals surface area contributed by atoms with Crippen LogP contribution >= 0.6 is 11.3 Å². The molecule has 0 saturated carbocycles. The normalized spacial score (nSPS) is 11.6. The Bertz CT molecular complexity index is 622. The van der Waals surface area contributed by atoms with Gasteiger partial charge in [0.1, 0.15) is 0 Å². The van der Waals surface area contributed by atoms with Crippen LogP contribution < -0.4 is 10.9 Å². The summed E-state index contributed by atoms with van der Waals surface area (Å²) in [6.45, 7) is 8.70. The van der Waals surface area contributed by atoms with Crippen molar-refractivity contribution < 1.29 is 0 Å². The van der Waals surface area contributed by atoms with Crippen LogP contribution in [0.25, 0.3) is 0 Å². The Morgan fingerprint density at radius 2 is 2.11 bits per heavy atom. The predicted octanol–water partition coefficient (Wildman–Crippen LogP) is 2.98. The second kappa shape index (κ2) is 5.17. The zero-order valence-corrected chi connectivity index (χ0v) is 12.5. The first-order valence-corrected chi connectivity index (χ1v) is 7.17. The van der Waals surface area contributed by atoms with E-state index in [1.165, 1.54) is 11.1 Å². The maximum absolute atomic E-state index is 12.3. The molecule has 2 heterocycles. The summed E-state index contributed by atoms with van der Waals surface area (Å²) in [5, 5.41) is 7.32. The minimum atomic E-state index is -0.241. The van der Waals surface area contributed by atoms with Gasteiger partial charge < -0.3 is 9.88 Å². The van der Waals surface area contributed by atoms with Crippen molar-refractivity contribution in [2.75, 3.05) is 5.32 Å². The smallest absolute Gasteiger partial charge is 0.293 e. The number of hydrogen-bond acceptors (Lipinski definition) is 4. The van der Waals surface area contributed by atoms with E-state index in [9.17, 15) is 4.79 Å². The Kier molecular flexibility index (Phi) is 3.75. The average molecular weight is 277 g/mol. The molecule has 0 aliphatic carbocycles. The summed E-state index contributed by atoms with van der Waals surface area (Å²) in [4.78, 5) is 16.4. The van der Waals surface area contributed by atoms with Gasteiger partial charge in [-0.1, -0.05) is 0 Å². The quantitative estimate of drug-likeness (QED) is 0.938. The second-order valence-electron chi connectivity index (χ2n) is 5.56. The van der Waals surface area contributed by atoms with E-state index < -0.39 is 0 Å². The molecule has 2 rings (SSSR count). The maximum Gasteiger partial charge on any atom is 0.293 e. The number of rotatable bonds is 3. The van der Waals surface area contributed by atoms with Crippen molar-refractivity contribution in [3.8, 4) is 0 Å². The highest BCUT2D eigenvalue weighted by atomic mass is 32.1. The highest BCUT2D eigenvalue weighted by Crippen LogP contribution is 2.15. The Balaban J connectivity index is 2.23. The summed E-state index contributed by atoms with van der Waals surface area (Å²) in [5.74, 6) is 0.406. The zero-order valence-electron chi connectivity index (χ0n) is 11.7. The molecule has 4 nitrogen and oxygen atoms in total. The fraction of sp³-hybridized carbons (Fsp3) is 0.429. The molecular weight excluding hydrogens is 258 g/mol. The molecule has 0 saturated heterocycles. The van der Waals surface area contributed by atoms with E-state index in [1.54, 1.807) is 28.3 Å². The summed E-state index contributed by atoms with van der Waals surface area (Å²) in [6, 6.07) is 0. The lowest BCUT2D eigenvalue weighted by atomic mass is 10.1. The number of aromatic nitrogens is 2. The van der Waals surface area contributed by atoms with E-state index in [1.807, 2.05) is 20.8 Å². The first-order valence-electron chi connectivity index (χ1n) is 6.23. The van der Waals surface area contributed by atoms with Crippen molar-refractivity contribution in [2.45, 2.75) is 39.8 Å². The molecule has 1 N–H and O–H groups in total. The van der Waals surface area contributed by atoms with E-state index >= 15 is 0 Å². The third-order valence-corrected chi connectivity index (χ3v) is 3.88. The highest BCUT2D eigenvalue weighted by Gasteiger charge is 2.16. The van der Waals surface area contributed by atoms with Crippen LogP contribution in [0.5, 0.6) is 0 Å². The Morgan fingerprint density at radius 1 is 1.37 bits per heavy atom. The molecule has 19 heavy (non-hydrogen) atoms. The van der Waals surface area contributed by atoms with Crippen LogP contribution in [0.3, 0.4) is 0 Å². The van der Waals surface area contributed by atoms with Gasteiger partial charge in [-0.25, -0.2) is 4.98 Å². The lowest BCUT2D eigenvalue weighted by Crippen LogP contribution is -2.35. The number of nitrogens with zero attached hydrogens (tertiary/aromatic N) is 2. The molecule has 5 heteroatoms. The molecule has 2 aromatic rings. The fourth-order valence-electron chi connectivity index (χ4n) is 1.81. The van der Waals surface area contributed by atoms with Gasteiger partial charge in [0.2, 0.25) is 0 Å². The fourth-order valence-corrected chi connectivity index (χ4v) is 2.66. The van der Waals surface area contributed by atoms with Crippen LogP contribution in [0.1, 0.15) is 31.9 Å². The molecule has 0 aliphatic heterocycles. The SMILES string of the molecule is Cc1cscc1CNc1nccn(C(C)(C)C)c1=O. The van der Waals surface area contributed by atoms with E-state index in [4.69, 9.17) is 0 Å². The second-order valence-corrected chi connectivity index (χ2v) is 6.30. The van der Waals surface area contributed by atoms with Gasteiger partial charge in [0, 0.05) is 24.5 Å². The van der Waals surface area contributed by atoms with Gasteiger partial charge in [-0.05, 0) is 49.6 Å². The van der Waals surface area contributed by atoms with Crippen molar-refractivity contribution in [3.63, 3.8) is 0 Å². The van der Waals surface area contributed by atoms with Crippen molar-refractivity contribution in [1.29, 1.82) is 0 Å². The van der Waals surface area contributed by atoms with Gasteiger partial charge in [-0.2, -0.15) is 11.3 Å². The molecule has 0 bridgehead atoms. The van der Waals surface area contributed by atoms with Crippen LogP contribution in [0, 0.1) is 6.92 Å². The lowest BCUT2D eigenvalue weighted by molar-refractivity contribution is 0.383. The summed E-state index contributed by atoms with van der Waals surface area (Å²) in [6.07, 6.45) is 3.39. The van der Waals surface area contributed by atoms with Crippen molar-refractivity contribution >= 4 is 17.2 Å². The largest absolute Gasteiger partial charge is 0.361 e. The monoisotopic (exact) mass is 277 g/mol. The summed E-state index contributed by atoms with van der Waals surface area (Å²) < 4.78 is 1.70. The van der Waals surface area contributed by atoms with E-state index in [0.717, 1.165) is 0 Å². The standard InChI is InChI=1S/C14H19N3OS/c1-10-8-19-9-11(10)7-16-12-13(18)17(6-5-15-12)14(2,3)4/h5-6,8-9H,7H2,1-4H3,(H,15,16). The average Bonchev–Trinajstić information content (AvgIpc) is 2.72. The van der Waals surface area contributed by atoms with Crippen LogP contribution in [-0.2, 0) is 12.1 Å². The summed E-state index contributed by atoms with van der Waals surface area (Å²) >= 11 is 1.67. The third-order valence-electron chi connectivity index (χ3n) is 2.97. The van der Waals surface area contributed by atoms with Crippen molar-refractivity contribution in [2.24, 2.45) is 0 Å². The Hall–Kier alpha value is -1.62.